The summed E-state index contributed by atoms with van der Waals surface area (Å²) in [5, 5.41) is 20.5. The van der Waals surface area contributed by atoms with Gasteiger partial charge in [0.1, 0.15) is 0 Å². The van der Waals surface area contributed by atoms with Crippen LogP contribution in [0, 0.1) is 10.1 Å². The van der Waals surface area contributed by atoms with Gasteiger partial charge in [-0.25, -0.2) is 18.4 Å². The van der Waals surface area contributed by atoms with Crippen LogP contribution in [0.3, 0.4) is 0 Å². The van der Waals surface area contributed by atoms with Crippen molar-refractivity contribution in [3.05, 3.63) is 58.6 Å². The van der Waals surface area contributed by atoms with E-state index in [1.54, 1.807) is 0 Å². The van der Waals surface area contributed by atoms with E-state index < -0.39 is 21.0 Å². The molecule has 0 fully saturated rings. The molecule has 0 atom stereocenters. The number of hydrogen-bond acceptors (Lipinski definition) is 5. The van der Waals surface area contributed by atoms with Crippen molar-refractivity contribution in [2.24, 2.45) is 5.14 Å². The molecular weight excluding hydrogens is 323 g/mol. The van der Waals surface area contributed by atoms with Gasteiger partial charge in [-0.3, -0.25) is 10.1 Å². The maximum Gasteiger partial charge on any atom is 0.323 e. The first-order valence-electron chi connectivity index (χ1n) is 6.21. The van der Waals surface area contributed by atoms with Gasteiger partial charge in [-0.15, -0.1) is 0 Å². The number of primary sulfonamides is 1. The van der Waals surface area contributed by atoms with Crippen LogP contribution >= 0.6 is 0 Å². The molecule has 2 aromatic rings. The molecule has 0 saturated heterocycles. The minimum absolute atomic E-state index is 0.0813. The molecule has 0 saturated carbocycles. The Hall–Kier alpha value is -2.98. The van der Waals surface area contributed by atoms with E-state index in [0.29, 0.717) is 5.69 Å². The van der Waals surface area contributed by atoms with Crippen LogP contribution in [0.15, 0.2) is 53.4 Å². The summed E-state index contributed by atoms with van der Waals surface area (Å²) in [6.45, 7) is 0. The fourth-order valence-corrected chi connectivity index (χ4v) is 2.23. The lowest BCUT2D eigenvalue weighted by molar-refractivity contribution is -0.384. The van der Waals surface area contributed by atoms with E-state index >= 15 is 0 Å². The zero-order chi connectivity index (χ0) is 17.0. The second-order valence-electron chi connectivity index (χ2n) is 4.46. The normalized spacial score (nSPS) is 10.8. The minimum atomic E-state index is -3.80. The zero-order valence-electron chi connectivity index (χ0n) is 11.6. The Morgan fingerprint density at radius 3 is 2.22 bits per heavy atom. The highest BCUT2D eigenvalue weighted by atomic mass is 32.2. The van der Waals surface area contributed by atoms with E-state index in [4.69, 9.17) is 5.14 Å². The summed E-state index contributed by atoms with van der Waals surface area (Å²) in [6.07, 6.45) is 0. The molecule has 2 rings (SSSR count). The molecule has 0 aliphatic carbocycles. The van der Waals surface area contributed by atoms with Crippen molar-refractivity contribution in [2.45, 2.75) is 4.90 Å². The third-order valence-corrected chi connectivity index (χ3v) is 3.68. The molecule has 0 spiro atoms. The molecule has 0 aliphatic rings. The number of nitro groups is 1. The summed E-state index contributed by atoms with van der Waals surface area (Å²) in [6, 6.07) is 10.1. The molecule has 0 radical (unpaired) electrons. The summed E-state index contributed by atoms with van der Waals surface area (Å²) in [7, 11) is -3.80. The van der Waals surface area contributed by atoms with E-state index in [1.807, 2.05) is 0 Å². The predicted octanol–water partition coefficient (Wildman–Crippen LogP) is 1.89. The van der Waals surface area contributed by atoms with Gasteiger partial charge in [0, 0.05) is 23.5 Å². The number of rotatable bonds is 4. The maximum atomic E-state index is 11.8. The standard InChI is InChI=1S/C13H12N4O5S/c14-23(21,22)12-6-4-9(5-7-12)15-13(18)16-10-2-1-3-11(8-10)17(19)20/h1-8H,(H2,14,21,22)(H2,15,16,18)/i13-1. The molecule has 0 heterocycles. The van der Waals surface area contributed by atoms with Crippen LogP contribution in [-0.2, 0) is 10.0 Å². The summed E-state index contributed by atoms with van der Waals surface area (Å²) >= 11 is 0. The molecule has 10 heteroatoms. The summed E-state index contributed by atoms with van der Waals surface area (Å²) in [5.74, 6) is 0. The maximum absolute atomic E-state index is 11.8. The number of sulfonamides is 1. The van der Waals surface area contributed by atoms with Crippen molar-refractivity contribution in [3.8, 4) is 0 Å². The first kappa shape index (κ1) is 16.4. The number of anilines is 2. The fraction of sp³-hybridized carbons (Fsp3) is 0. The highest BCUT2D eigenvalue weighted by molar-refractivity contribution is 7.89. The van der Waals surface area contributed by atoms with Gasteiger partial charge in [0.2, 0.25) is 10.0 Å². The van der Waals surface area contributed by atoms with Crippen LogP contribution < -0.4 is 15.8 Å². The number of nitrogens with zero attached hydrogens (tertiary/aromatic N) is 1. The molecular formula is C13H12N4O5S. The number of carbonyl (C=O) groups excluding carboxylic acids is 1. The Morgan fingerprint density at radius 2 is 1.65 bits per heavy atom. The van der Waals surface area contributed by atoms with Gasteiger partial charge in [0.15, 0.2) is 0 Å². The molecule has 120 valence electrons. The lowest BCUT2D eigenvalue weighted by atomic mass is 10.1. The van der Waals surface area contributed by atoms with Crippen molar-refractivity contribution in [1.29, 1.82) is 0 Å². The van der Waals surface area contributed by atoms with Crippen LogP contribution in [0.5, 0.6) is 0 Å². The Kier molecular flexibility index (Phi) is 4.57. The minimum Gasteiger partial charge on any atom is -0.308 e. The van der Waals surface area contributed by atoms with E-state index in [9.17, 15) is 23.3 Å². The van der Waals surface area contributed by atoms with E-state index in [0.717, 1.165) is 0 Å². The van der Waals surface area contributed by atoms with Crippen molar-refractivity contribution in [3.63, 3.8) is 0 Å². The third kappa shape index (κ3) is 4.49. The highest BCUT2D eigenvalue weighted by Gasteiger charge is 2.10. The van der Waals surface area contributed by atoms with Crippen LogP contribution in [0.4, 0.5) is 21.9 Å². The average Bonchev–Trinajstić information content (AvgIpc) is 2.47. The Bertz CT molecular complexity index is 849. The number of nitrogens with one attached hydrogen (secondary N) is 2. The number of urea groups is 1. The molecule has 2 amide bonds. The van der Waals surface area contributed by atoms with Gasteiger partial charge in [0.05, 0.1) is 9.82 Å². The van der Waals surface area contributed by atoms with Gasteiger partial charge in [0.25, 0.3) is 5.69 Å². The molecule has 0 aliphatic heterocycles. The van der Waals surface area contributed by atoms with Crippen molar-refractivity contribution < 1.29 is 18.1 Å². The predicted molar refractivity (Wildman–Crippen MR) is 83.6 cm³/mol. The smallest absolute Gasteiger partial charge is 0.308 e. The number of nitrogens with two attached hydrogens (primary N) is 1. The number of amides is 2. The van der Waals surface area contributed by atoms with Gasteiger partial charge >= 0.3 is 6.03 Å². The van der Waals surface area contributed by atoms with Crippen LogP contribution in [0.1, 0.15) is 0 Å². The molecule has 0 unspecified atom stereocenters. The zero-order valence-corrected chi connectivity index (χ0v) is 12.4. The van der Waals surface area contributed by atoms with E-state index in [-0.39, 0.29) is 16.3 Å². The second kappa shape index (κ2) is 6.42. The van der Waals surface area contributed by atoms with Crippen LogP contribution in [0.25, 0.3) is 0 Å². The molecule has 4 N–H and O–H groups in total. The summed E-state index contributed by atoms with van der Waals surface area (Å²) in [4.78, 5) is 21.8. The number of nitro benzene ring substituents is 1. The SMILES string of the molecule is NS(=O)(=O)c1ccc(N[11C](=O)Nc2cccc([N+](=O)[O-])c2)cc1. The van der Waals surface area contributed by atoms with Crippen molar-refractivity contribution in [2.75, 3.05) is 10.6 Å². The highest BCUT2D eigenvalue weighted by Crippen LogP contribution is 2.18. The van der Waals surface area contributed by atoms with Gasteiger partial charge in [-0.05, 0) is 30.3 Å². The Morgan fingerprint density at radius 1 is 1.04 bits per heavy atom. The van der Waals surface area contributed by atoms with Gasteiger partial charge in [-0.2, -0.15) is 0 Å². The second-order valence-corrected chi connectivity index (χ2v) is 6.02. The fourth-order valence-electron chi connectivity index (χ4n) is 1.72. The largest absolute Gasteiger partial charge is 0.323 e. The quantitative estimate of drug-likeness (QED) is 0.577. The van der Waals surface area contributed by atoms with Crippen LogP contribution in [-0.4, -0.2) is 19.4 Å². The number of hydrogen-bond donors (Lipinski definition) is 3. The van der Waals surface area contributed by atoms with E-state index in [1.165, 1.54) is 48.5 Å². The van der Waals surface area contributed by atoms with Crippen molar-refractivity contribution >= 4 is 33.1 Å². The Balaban J connectivity index is 2.05. The first-order chi connectivity index (χ1) is 10.8. The molecule has 23 heavy (non-hydrogen) atoms. The number of carbonyl (C=O) groups is 1. The summed E-state index contributed by atoms with van der Waals surface area (Å²) < 4.78 is 22.2. The van der Waals surface area contributed by atoms with Gasteiger partial charge < -0.3 is 10.6 Å². The first-order valence-corrected chi connectivity index (χ1v) is 7.76. The monoisotopic (exact) mass is 335 g/mol. The average molecular weight is 335 g/mol. The molecule has 9 nitrogen and oxygen atoms in total. The van der Waals surface area contributed by atoms with Gasteiger partial charge in [-0.1, -0.05) is 6.07 Å². The number of benzene rings is 2. The van der Waals surface area contributed by atoms with Crippen LogP contribution in [0.2, 0.25) is 0 Å². The summed E-state index contributed by atoms with van der Waals surface area (Å²) in [5.41, 5.74) is 0.429. The lowest BCUT2D eigenvalue weighted by Crippen LogP contribution is -2.19. The van der Waals surface area contributed by atoms with E-state index in [2.05, 4.69) is 10.6 Å². The lowest BCUT2D eigenvalue weighted by Gasteiger charge is -2.08. The molecule has 2 aromatic carbocycles. The number of non-ortho nitro benzene ring substituents is 1. The third-order valence-electron chi connectivity index (χ3n) is 2.76. The molecule has 0 aromatic heterocycles. The Labute approximate surface area is 131 Å². The van der Waals surface area contributed by atoms with Crippen molar-refractivity contribution in [1.82, 2.24) is 0 Å². The molecule has 0 bridgehead atoms. The topological polar surface area (TPSA) is 144 Å².